The van der Waals surface area contributed by atoms with Gasteiger partial charge in [0.2, 0.25) is 0 Å². The third-order valence-corrected chi connectivity index (χ3v) is 19.3. The van der Waals surface area contributed by atoms with Gasteiger partial charge in [-0.1, -0.05) is 256 Å². The van der Waals surface area contributed by atoms with Crippen molar-refractivity contribution in [3.05, 3.63) is 267 Å². The molecule has 0 fully saturated rings. The topological polar surface area (TPSA) is 67.4 Å². The fourth-order valence-corrected chi connectivity index (χ4v) is 15.7. The van der Waals surface area contributed by atoms with Gasteiger partial charge in [0.25, 0.3) is 0 Å². The Balaban J connectivity index is 0.000000170. The van der Waals surface area contributed by atoms with Crippen LogP contribution in [0.2, 0.25) is 0 Å². The van der Waals surface area contributed by atoms with Crippen LogP contribution in [-0.4, -0.2) is 20.3 Å². The van der Waals surface area contributed by atoms with Gasteiger partial charge in [0.05, 0.1) is 12.8 Å². The Morgan fingerprint density at radius 2 is 0.760 bits per heavy atom. The van der Waals surface area contributed by atoms with Crippen molar-refractivity contribution in [1.82, 2.24) is 0 Å². The minimum atomic E-state index is -3.37. The van der Waals surface area contributed by atoms with E-state index >= 15 is 4.57 Å². The molecular weight excluding hydrogens is 955 g/mol. The second-order valence-corrected chi connectivity index (χ2v) is 22.9. The molecule has 0 bridgehead atoms. The van der Waals surface area contributed by atoms with Gasteiger partial charge in [0, 0.05) is 50.9 Å². The Bertz CT molecular complexity index is 3940. The Morgan fingerprint density at radius 3 is 1.21 bits per heavy atom. The maximum atomic E-state index is 15.7. The first-order valence-corrected chi connectivity index (χ1v) is 27.7. The van der Waals surface area contributed by atoms with Gasteiger partial charge in [-0.2, -0.15) is 0 Å². The number of fused-ring (bicyclic) bond motifs is 4. The molecule has 12 aromatic rings. The number of benzene rings is 12. The van der Waals surface area contributed by atoms with Gasteiger partial charge in [0.1, 0.15) is 0 Å². The van der Waals surface area contributed by atoms with E-state index in [1.165, 1.54) is 55.7 Å². The first-order chi connectivity index (χ1) is 36.5. The van der Waals surface area contributed by atoms with Crippen molar-refractivity contribution in [3.8, 4) is 22.3 Å². The molecule has 12 aromatic carbocycles. The van der Waals surface area contributed by atoms with Crippen molar-refractivity contribution in [2.45, 2.75) is 7.43 Å². The van der Waals surface area contributed by atoms with Crippen molar-refractivity contribution in [3.63, 3.8) is 0 Å². The minimum Gasteiger partial charge on any atom is -0.453 e. The highest BCUT2D eigenvalue weighted by Crippen LogP contribution is 2.50. The van der Waals surface area contributed by atoms with Crippen LogP contribution in [0.25, 0.3) is 65.3 Å². The average molecular weight is 1010 g/mol. The van der Waals surface area contributed by atoms with Crippen molar-refractivity contribution in [2.75, 3.05) is 24.8 Å². The predicted molar refractivity (Wildman–Crippen MR) is 324 cm³/mol. The lowest BCUT2D eigenvalue weighted by Crippen LogP contribution is -2.26. The van der Waals surface area contributed by atoms with Crippen LogP contribution < -0.4 is 42.5 Å². The van der Waals surface area contributed by atoms with Gasteiger partial charge in [0.15, 0.2) is 7.14 Å². The summed E-state index contributed by atoms with van der Waals surface area (Å²) in [5.41, 5.74) is 5.97. The molecule has 0 saturated heterocycles. The summed E-state index contributed by atoms with van der Waals surface area (Å²) in [5, 5.41) is 21.7. The van der Waals surface area contributed by atoms with E-state index in [0.717, 1.165) is 49.0 Å². The first kappa shape index (κ1) is 50.0. The normalized spacial score (nSPS) is 11.2. The maximum Gasteiger partial charge on any atom is 0.411 e. The third-order valence-electron chi connectivity index (χ3n) is 13.7. The highest BCUT2D eigenvalue weighted by atomic mass is 31.2. The number of carbonyl (C=O) groups excluding carboxylic acids is 1. The van der Waals surface area contributed by atoms with Gasteiger partial charge in [-0.15, -0.1) is 0 Å². The second kappa shape index (κ2) is 22.3. The molecule has 12 rings (SSSR count). The largest absolute Gasteiger partial charge is 0.453 e. The number of hydrogen-bond donors (Lipinski definition) is 2. The number of carbonyl (C=O) groups is 1. The number of methoxy groups -OCH3 is 1. The molecular formula is C68H56N2O3P2. The summed E-state index contributed by atoms with van der Waals surface area (Å²) < 4.78 is 20.6. The zero-order valence-corrected chi connectivity index (χ0v) is 42.8. The van der Waals surface area contributed by atoms with Gasteiger partial charge in [-0.05, 0) is 85.1 Å². The third kappa shape index (κ3) is 9.61. The zero-order chi connectivity index (χ0) is 50.4. The standard InChI is InChI=1S/C34H26NO3P.C33H26NP.CH4/c1-38-34(36)35-30-22-20-24-12-8-10-18-28(24)32(30)33-29-19-11-9-13-25(29)21-23-31(33)39(37,26-14-4-2-5-15-26)27-16-6-3-7-17-27;1-34-30-22-20-24-12-8-10-18-28(24)32(30)33-29-19-11-9-13-25(29)21-23-31(33)35(26-14-4-2-5-15-26)27-16-6-3-7-17-27;/h2-23H,1H3,(H,35,36);2-23,34H,1H3;1H4. The molecule has 5 nitrogen and oxygen atoms in total. The second-order valence-electron chi connectivity index (χ2n) is 17.9. The maximum absolute atomic E-state index is 15.7. The number of anilines is 2. The van der Waals surface area contributed by atoms with Gasteiger partial charge < -0.3 is 14.6 Å². The predicted octanol–water partition coefficient (Wildman–Crippen LogP) is 15.6. The highest BCUT2D eigenvalue weighted by molar-refractivity contribution is 7.85. The molecule has 0 aliphatic carbocycles. The van der Waals surface area contributed by atoms with Crippen LogP contribution >= 0.6 is 15.1 Å². The molecule has 75 heavy (non-hydrogen) atoms. The number of hydrogen-bond acceptors (Lipinski definition) is 4. The lowest BCUT2D eigenvalue weighted by molar-refractivity contribution is 0.187. The molecule has 0 radical (unpaired) electrons. The molecule has 0 aromatic heterocycles. The summed E-state index contributed by atoms with van der Waals surface area (Å²) in [6, 6.07) is 91.9. The van der Waals surface area contributed by atoms with Crippen LogP contribution in [0.4, 0.5) is 16.2 Å². The Morgan fingerprint density at radius 1 is 0.400 bits per heavy atom. The number of rotatable bonds is 10. The molecule has 366 valence electrons. The van der Waals surface area contributed by atoms with E-state index < -0.39 is 21.2 Å². The molecule has 0 unspecified atom stereocenters. The summed E-state index contributed by atoms with van der Waals surface area (Å²) in [5.74, 6) is 0. The summed E-state index contributed by atoms with van der Waals surface area (Å²) >= 11 is 0. The average Bonchev–Trinajstić information content (AvgIpc) is 3.48. The molecule has 0 aliphatic heterocycles. The molecule has 7 heteroatoms. The van der Waals surface area contributed by atoms with Gasteiger partial charge in [-0.25, -0.2) is 4.79 Å². The fourth-order valence-electron chi connectivity index (χ4n) is 10.3. The van der Waals surface area contributed by atoms with Crippen LogP contribution in [0, 0.1) is 0 Å². The van der Waals surface area contributed by atoms with Crippen molar-refractivity contribution in [1.29, 1.82) is 0 Å². The van der Waals surface area contributed by atoms with Crippen LogP contribution in [-0.2, 0) is 9.30 Å². The summed E-state index contributed by atoms with van der Waals surface area (Å²) in [4.78, 5) is 12.5. The Labute approximate surface area is 440 Å². The van der Waals surface area contributed by atoms with Crippen molar-refractivity contribution < 1.29 is 14.1 Å². The molecule has 0 saturated carbocycles. The monoisotopic (exact) mass is 1010 g/mol. The molecule has 0 aliphatic rings. The number of amides is 1. The lowest BCUT2D eigenvalue weighted by Gasteiger charge is -2.26. The summed E-state index contributed by atoms with van der Waals surface area (Å²) in [7, 11) is -0.762. The molecule has 0 spiro atoms. The van der Waals surface area contributed by atoms with Crippen LogP contribution in [0.5, 0.6) is 0 Å². The van der Waals surface area contributed by atoms with Crippen LogP contribution in [0.3, 0.4) is 0 Å². The number of ether oxygens (including phenoxy) is 1. The van der Waals surface area contributed by atoms with E-state index in [4.69, 9.17) is 4.74 Å². The zero-order valence-electron chi connectivity index (χ0n) is 41.0. The highest BCUT2D eigenvalue weighted by Gasteiger charge is 2.34. The van der Waals surface area contributed by atoms with Crippen LogP contribution in [0.1, 0.15) is 7.43 Å². The van der Waals surface area contributed by atoms with Crippen LogP contribution in [0.15, 0.2) is 267 Å². The van der Waals surface area contributed by atoms with Gasteiger partial charge in [-0.3, -0.25) is 5.32 Å². The minimum absolute atomic E-state index is 0. The van der Waals surface area contributed by atoms with E-state index in [9.17, 15) is 4.79 Å². The summed E-state index contributed by atoms with van der Waals surface area (Å²) in [6.45, 7) is 0. The van der Waals surface area contributed by atoms with Gasteiger partial charge >= 0.3 is 6.09 Å². The van der Waals surface area contributed by atoms with E-state index in [0.29, 0.717) is 11.0 Å². The fraction of sp³-hybridized carbons (Fsp3) is 0.0441. The van der Waals surface area contributed by atoms with E-state index in [1.807, 2.05) is 128 Å². The number of nitrogens with one attached hydrogen (secondary N) is 2. The lowest BCUT2D eigenvalue weighted by atomic mass is 9.92. The van der Waals surface area contributed by atoms with E-state index in [2.05, 4.69) is 156 Å². The molecule has 2 N–H and O–H groups in total. The van der Waals surface area contributed by atoms with E-state index in [1.54, 1.807) is 0 Å². The Kier molecular flexibility index (Phi) is 14.8. The molecule has 0 heterocycles. The molecule has 0 atom stereocenters. The van der Waals surface area contributed by atoms with Crippen molar-refractivity contribution >= 4 is 107 Å². The Hall–Kier alpha value is -8.59. The SMILES string of the molecule is C.CNc1ccc2ccccc2c1-c1c(P(c2ccccc2)c2ccccc2)ccc2ccccc12.COC(=O)Nc1ccc2ccccc2c1-c1c(P(=O)(c2ccccc2)c2ccccc2)ccc2ccccc12. The van der Waals surface area contributed by atoms with Crippen molar-refractivity contribution in [2.24, 2.45) is 0 Å². The van der Waals surface area contributed by atoms with E-state index in [-0.39, 0.29) is 7.43 Å². The first-order valence-electron chi connectivity index (χ1n) is 24.7. The molecule has 1 amide bonds. The summed E-state index contributed by atoms with van der Waals surface area (Å²) in [6.07, 6.45) is -0.567. The smallest absolute Gasteiger partial charge is 0.411 e. The quantitative estimate of drug-likeness (QED) is 0.134.